The van der Waals surface area contributed by atoms with E-state index in [1.165, 1.54) is 51.5 Å². The molecular formula is C14H28N2O. The van der Waals surface area contributed by atoms with Crippen molar-refractivity contribution in [3.8, 4) is 0 Å². The highest BCUT2D eigenvalue weighted by Gasteiger charge is 2.32. The number of ether oxygens (including phenoxy) is 1. The first-order valence-electron chi connectivity index (χ1n) is 7.28. The number of piperidine rings is 1. The van der Waals surface area contributed by atoms with E-state index in [-0.39, 0.29) is 0 Å². The molecule has 1 saturated heterocycles. The maximum Gasteiger partial charge on any atom is 0.0586 e. The van der Waals surface area contributed by atoms with Crippen molar-refractivity contribution in [2.24, 2.45) is 0 Å². The van der Waals surface area contributed by atoms with Crippen molar-refractivity contribution >= 4 is 0 Å². The molecule has 100 valence electrons. The van der Waals surface area contributed by atoms with E-state index in [2.05, 4.69) is 17.3 Å². The highest BCUT2D eigenvalue weighted by Crippen LogP contribution is 2.29. The lowest BCUT2D eigenvalue weighted by molar-refractivity contribution is 0.00437. The summed E-state index contributed by atoms with van der Waals surface area (Å²) in [6.07, 6.45) is 9.89. The molecule has 1 saturated carbocycles. The first kappa shape index (κ1) is 13.3. The third kappa shape index (κ3) is 3.43. The van der Waals surface area contributed by atoms with Gasteiger partial charge in [-0.2, -0.15) is 0 Å². The van der Waals surface area contributed by atoms with Gasteiger partial charge in [-0.05, 0) is 52.1 Å². The number of likely N-dealkylation sites (N-methyl/N-ethyl adjacent to an activating group) is 1. The summed E-state index contributed by atoms with van der Waals surface area (Å²) in [5.74, 6) is 0. The molecule has 0 aromatic carbocycles. The van der Waals surface area contributed by atoms with Crippen LogP contribution in [0.4, 0.5) is 0 Å². The SMILES string of the molecule is CNCC1CCCCN1C1CCCC(OC)C1. The molecule has 3 atom stereocenters. The monoisotopic (exact) mass is 240 g/mol. The Bertz CT molecular complexity index is 220. The van der Waals surface area contributed by atoms with Gasteiger partial charge < -0.3 is 10.1 Å². The second-order valence-corrected chi connectivity index (χ2v) is 5.62. The Morgan fingerprint density at radius 1 is 1.18 bits per heavy atom. The molecule has 0 bridgehead atoms. The molecule has 1 heterocycles. The van der Waals surface area contributed by atoms with E-state index >= 15 is 0 Å². The van der Waals surface area contributed by atoms with Gasteiger partial charge in [0, 0.05) is 25.7 Å². The Balaban J connectivity index is 1.92. The van der Waals surface area contributed by atoms with Crippen LogP contribution in [0.3, 0.4) is 0 Å². The molecule has 2 fully saturated rings. The van der Waals surface area contributed by atoms with E-state index in [0.717, 1.165) is 18.6 Å². The van der Waals surface area contributed by atoms with Gasteiger partial charge >= 0.3 is 0 Å². The first-order chi connectivity index (χ1) is 8.35. The van der Waals surface area contributed by atoms with Gasteiger partial charge in [-0.1, -0.05) is 6.42 Å². The smallest absolute Gasteiger partial charge is 0.0586 e. The standard InChI is InChI=1S/C14H28N2O/c1-15-11-13-6-3-4-9-16(13)12-7-5-8-14(10-12)17-2/h12-15H,3-11H2,1-2H3. The second-order valence-electron chi connectivity index (χ2n) is 5.62. The number of hydrogen-bond donors (Lipinski definition) is 1. The molecule has 0 aromatic heterocycles. The Hall–Kier alpha value is -0.120. The van der Waals surface area contributed by atoms with E-state index < -0.39 is 0 Å². The maximum atomic E-state index is 5.57. The lowest BCUT2D eigenvalue weighted by Crippen LogP contribution is -2.52. The zero-order chi connectivity index (χ0) is 12.1. The average Bonchev–Trinajstić information content (AvgIpc) is 2.40. The molecule has 0 amide bonds. The largest absolute Gasteiger partial charge is 0.381 e. The summed E-state index contributed by atoms with van der Waals surface area (Å²) >= 11 is 0. The summed E-state index contributed by atoms with van der Waals surface area (Å²) < 4.78 is 5.57. The van der Waals surface area contributed by atoms with Gasteiger partial charge in [0.2, 0.25) is 0 Å². The minimum atomic E-state index is 0.505. The Labute approximate surface area is 106 Å². The van der Waals surface area contributed by atoms with E-state index in [1.54, 1.807) is 0 Å². The van der Waals surface area contributed by atoms with Crippen LogP contribution in [0, 0.1) is 0 Å². The Morgan fingerprint density at radius 3 is 2.82 bits per heavy atom. The first-order valence-corrected chi connectivity index (χ1v) is 7.28. The summed E-state index contributed by atoms with van der Waals surface area (Å²) in [6.45, 7) is 2.45. The number of nitrogens with one attached hydrogen (secondary N) is 1. The molecule has 0 aromatic rings. The van der Waals surface area contributed by atoms with Crippen LogP contribution in [-0.2, 0) is 4.74 Å². The number of hydrogen-bond acceptors (Lipinski definition) is 3. The molecular weight excluding hydrogens is 212 g/mol. The minimum absolute atomic E-state index is 0.505. The van der Waals surface area contributed by atoms with Crippen LogP contribution in [-0.4, -0.2) is 50.3 Å². The van der Waals surface area contributed by atoms with Crippen molar-refractivity contribution in [3.05, 3.63) is 0 Å². The minimum Gasteiger partial charge on any atom is -0.381 e. The quantitative estimate of drug-likeness (QED) is 0.813. The van der Waals surface area contributed by atoms with Crippen molar-refractivity contribution in [1.29, 1.82) is 0 Å². The third-order valence-electron chi connectivity index (χ3n) is 4.51. The van der Waals surface area contributed by atoms with Crippen LogP contribution >= 0.6 is 0 Å². The normalized spacial score (nSPS) is 36.0. The van der Waals surface area contributed by atoms with Crippen molar-refractivity contribution in [2.75, 3.05) is 27.2 Å². The topological polar surface area (TPSA) is 24.5 Å². The summed E-state index contributed by atoms with van der Waals surface area (Å²) in [4.78, 5) is 2.77. The van der Waals surface area contributed by atoms with Gasteiger partial charge in [0.1, 0.15) is 0 Å². The predicted octanol–water partition coefficient (Wildman–Crippen LogP) is 2.02. The zero-order valence-electron chi connectivity index (χ0n) is 11.5. The van der Waals surface area contributed by atoms with Gasteiger partial charge in [-0.25, -0.2) is 0 Å². The Kier molecular flexibility index (Phi) is 5.26. The van der Waals surface area contributed by atoms with Crippen LogP contribution in [0.5, 0.6) is 0 Å². The highest BCUT2D eigenvalue weighted by molar-refractivity contribution is 4.87. The molecule has 3 nitrogen and oxygen atoms in total. The zero-order valence-corrected chi connectivity index (χ0v) is 11.5. The molecule has 3 heteroatoms. The summed E-state index contributed by atoms with van der Waals surface area (Å²) in [5.41, 5.74) is 0. The number of rotatable bonds is 4. The average molecular weight is 240 g/mol. The van der Waals surface area contributed by atoms with E-state index in [9.17, 15) is 0 Å². The van der Waals surface area contributed by atoms with Crippen LogP contribution in [0.1, 0.15) is 44.9 Å². The number of methoxy groups -OCH3 is 1. The van der Waals surface area contributed by atoms with Gasteiger partial charge in [0.25, 0.3) is 0 Å². The van der Waals surface area contributed by atoms with E-state index in [0.29, 0.717) is 6.10 Å². The molecule has 3 unspecified atom stereocenters. The highest BCUT2D eigenvalue weighted by atomic mass is 16.5. The van der Waals surface area contributed by atoms with E-state index in [4.69, 9.17) is 4.74 Å². The van der Waals surface area contributed by atoms with Gasteiger partial charge in [-0.15, -0.1) is 0 Å². The van der Waals surface area contributed by atoms with Crippen molar-refractivity contribution < 1.29 is 4.74 Å². The van der Waals surface area contributed by atoms with Crippen LogP contribution in [0.25, 0.3) is 0 Å². The van der Waals surface area contributed by atoms with Gasteiger partial charge in [0.05, 0.1) is 6.10 Å². The fraction of sp³-hybridized carbons (Fsp3) is 1.00. The van der Waals surface area contributed by atoms with Crippen LogP contribution in [0.2, 0.25) is 0 Å². The Morgan fingerprint density at radius 2 is 2.06 bits per heavy atom. The summed E-state index contributed by atoms with van der Waals surface area (Å²) in [5, 5.41) is 3.36. The van der Waals surface area contributed by atoms with Crippen LogP contribution in [0.15, 0.2) is 0 Å². The lowest BCUT2D eigenvalue weighted by Gasteiger charge is -2.44. The predicted molar refractivity (Wildman–Crippen MR) is 71.3 cm³/mol. The van der Waals surface area contributed by atoms with Crippen molar-refractivity contribution in [2.45, 2.75) is 63.1 Å². The number of nitrogens with zero attached hydrogens (tertiary/aromatic N) is 1. The fourth-order valence-electron chi connectivity index (χ4n) is 3.59. The molecule has 0 spiro atoms. The molecule has 2 aliphatic rings. The molecule has 1 aliphatic carbocycles. The van der Waals surface area contributed by atoms with Gasteiger partial charge in [0.15, 0.2) is 0 Å². The summed E-state index contributed by atoms with van der Waals surface area (Å²) in [7, 11) is 3.94. The van der Waals surface area contributed by atoms with E-state index in [1.807, 2.05) is 7.11 Å². The molecule has 1 N–H and O–H groups in total. The number of likely N-dealkylation sites (tertiary alicyclic amines) is 1. The van der Waals surface area contributed by atoms with Crippen LogP contribution < -0.4 is 5.32 Å². The van der Waals surface area contributed by atoms with Gasteiger partial charge in [-0.3, -0.25) is 4.90 Å². The third-order valence-corrected chi connectivity index (χ3v) is 4.51. The molecule has 1 aliphatic heterocycles. The van der Waals surface area contributed by atoms with Crippen molar-refractivity contribution in [1.82, 2.24) is 10.2 Å². The molecule has 0 radical (unpaired) electrons. The second kappa shape index (κ2) is 6.72. The lowest BCUT2D eigenvalue weighted by atomic mass is 9.88. The molecule has 2 rings (SSSR count). The molecule has 17 heavy (non-hydrogen) atoms. The maximum absolute atomic E-state index is 5.57. The van der Waals surface area contributed by atoms with Crippen molar-refractivity contribution in [3.63, 3.8) is 0 Å². The summed E-state index contributed by atoms with van der Waals surface area (Å²) in [6, 6.07) is 1.53. The fourth-order valence-corrected chi connectivity index (χ4v) is 3.59.